The van der Waals surface area contributed by atoms with E-state index in [-0.39, 0.29) is 11.6 Å². The van der Waals surface area contributed by atoms with E-state index in [4.69, 9.17) is 23.2 Å². The molecule has 1 aliphatic heterocycles. The third kappa shape index (κ3) is 3.92. The number of likely N-dealkylation sites (N-methyl/N-ethyl adjacent to an activating group) is 1. The summed E-state index contributed by atoms with van der Waals surface area (Å²) in [6, 6.07) is 6.19. The molecule has 0 aromatic heterocycles. The number of benzene rings is 1. The summed E-state index contributed by atoms with van der Waals surface area (Å²) < 4.78 is 0. The number of halogens is 2. The maximum Gasteiger partial charge on any atom is 0.0595 e. The van der Waals surface area contributed by atoms with Gasteiger partial charge in [-0.05, 0) is 64.5 Å². The lowest BCUT2D eigenvalue weighted by Gasteiger charge is -2.44. The molecule has 0 amide bonds. The fourth-order valence-electron chi connectivity index (χ4n) is 3.45. The lowest BCUT2D eigenvalue weighted by molar-refractivity contribution is 0.0864. The van der Waals surface area contributed by atoms with Crippen molar-refractivity contribution in [1.82, 2.24) is 10.2 Å². The van der Waals surface area contributed by atoms with Crippen LogP contribution in [-0.4, -0.2) is 30.6 Å². The van der Waals surface area contributed by atoms with Gasteiger partial charge in [-0.2, -0.15) is 0 Å². The predicted molar refractivity (Wildman–Crippen MR) is 92.4 cm³/mol. The maximum atomic E-state index is 6.20. The van der Waals surface area contributed by atoms with Crippen molar-refractivity contribution in [3.63, 3.8) is 0 Å². The molecule has 0 bridgehead atoms. The smallest absolute Gasteiger partial charge is 0.0595 e. The number of nitrogens with one attached hydrogen (secondary N) is 1. The Morgan fingerprint density at radius 1 is 1.05 bits per heavy atom. The molecule has 1 heterocycles. The van der Waals surface area contributed by atoms with Crippen LogP contribution in [0.4, 0.5) is 0 Å². The fraction of sp³-hybridized carbons (Fsp3) is 0.647. The van der Waals surface area contributed by atoms with Gasteiger partial charge in [-0.15, -0.1) is 0 Å². The van der Waals surface area contributed by atoms with Gasteiger partial charge >= 0.3 is 0 Å². The Balaban J connectivity index is 2.26. The number of likely N-dealkylation sites (tertiary alicyclic amines) is 1. The first kappa shape index (κ1) is 17.1. The van der Waals surface area contributed by atoms with Crippen LogP contribution >= 0.6 is 23.2 Å². The van der Waals surface area contributed by atoms with Gasteiger partial charge in [0.05, 0.1) is 10.0 Å². The highest BCUT2D eigenvalue weighted by molar-refractivity contribution is 6.42. The lowest BCUT2D eigenvalue weighted by atomic mass is 9.86. The van der Waals surface area contributed by atoms with E-state index in [1.165, 1.54) is 44.3 Å². The maximum absolute atomic E-state index is 6.20. The summed E-state index contributed by atoms with van der Waals surface area (Å²) in [6.07, 6.45) is 5.29. The molecule has 0 aliphatic carbocycles. The standard InChI is InChI=1S/C17H26Cl2N2/c1-17(2,21-10-6-4-5-7-11-21)16(20-3)13-8-9-14(18)15(19)12-13/h8-9,12,16,20H,4-7,10-11H2,1-3H3. The Bertz CT molecular complexity index is 466. The van der Waals surface area contributed by atoms with E-state index in [0.29, 0.717) is 10.0 Å². The van der Waals surface area contributed by atoms with Gasteiger partial charge in [0.15, 0.2) is 0 Å². The molecule has 1 atom stereocenters. The summed E-state index contributed by atoms with van der Waals surface area (Å²) in [5, 5.41) is 4.72. The average molecular weight is 329 g/mol. The summed E-state index contributed by atoms with van der Waals surface area (Å²) >= 11 is 12.3. The highest BCUT2D eigenvalue weighted by atomic mass is 35.5. The van der Waals surface area contributed by atoms with Crippen molar-refractivity contribution in [2.75, 3.05) is 20.1 Å². The molecule has 1 aliphatic rings. The second-order valence-corrected chi connectivity index (χ2v) is 7.26. The first-order valence-electron chi connectivity index (χ1n) is 7.84. The molecule has 1 aromatic carbocycles. The fourth-order valence-corrected chi connectivity index (χ4v) is 3.76. The van der Waals surface area contributed by atoms with Gasteiger partial charge in [0.2, 0.25) is 0 Å². The van der Waals surface area contributed by atoms with Crippen LogP contribution in [0.15, 0.2) is 18.2 Å². The molecule has 2 nitrogen and oxygen atoms in total. The van der Waals surface area contributed by atoms with Crippen molar-refractivity contribution in [1.29, 1.82) is 0 Å². The van der Waals surface area contributed by atoms with Crippen molar-refractivity contribution in [3.05, 3.63) is 33.8 Å². The van der Waals surface area contributed by atoms with Crippen LogP contribution in [0.2, 0.25) is 10.0 Å². The molecule has 118 valence electrons. The molecule has 1 unspecified atom stereocenters. The van der Waals surface area contributed by atoms with E-state index < -0.39 is 0 Å². The van der Waals surface area contributed by atoms with Crippen molar-refractivity contribution >= 4 is 23.2 Å². The summed E-state index contributed by atoms with van der Waals surface area (Å²) in [5.74, 6) is 0. The average Bonchev–Trinajstić information content (AvgIpc) is 2.73. The third-order valence-electron chi connectivity index (χ3n) is 4.69. The minimum atomic E-state index is 0.0379. The second-order valence-electron chi connectivity index (χ2n) is 6.45. The molecular formula is C17H26Cl2N2. The second kappa shape index (κ2) is 7.32. The first-order valence-corrected chi connectivity index (χ1v) is 8.59. The quantitative estimate of drug-likeness (QED) is 0.844. The van der Waals surface area contributed by atoms with Gasteiger partial charge < -0.3 is 5.32 Å². The SMILES string of the molecule is CNC(c1ccc(Cl)c(Cl)c1)C(C)(C)N1CCCCCC1. The van der Waals surface area contributed by atoms with E-state index in [1.54, 1.807) is 0 Å². The van der Waals surface area contributed by atoms with E-state index in [1.807, 2.05) is 19.2 Å². The van der Waals surface area contributed by atoms with Crippen molar-refractivity contribution in [3.8, 4) is 0 Å². The monoisotopic (exact) mass is 328 g/mol. The minimum absolute atomic E-state index is 0.0379. The van der Waals surface area contributed by atoms with Crippen LogP contribution in [0.25, 0.3) is 0 Å². The zero-order valence-corrected chi connectivity index (χ0v) is 14.8. The normalized spacial score (nSPS) is 19.3. The molecule has 21 heavy (non-hydrogen) atoms. The Morgan fingerprint density at radius 2 is 1.67 bits per heavy atom. The summed E-state index contributed by atoms with van der Waals surface area (Å²) in [4.78, 5) is 2.61. The largest absolute Gasteiger partial charge is 0.311 e. The molecule has 0 saturated carbocycles. The third-order valence-corrected chi connectivity index (χ3v) is 5.43. The summed E-state index contributed by atoms with van der Waals surface area (Å²) in [7, 11) is 2.02. The molecule has 4 heteroatoms. The summed E-state index contributed by atoms with van der Waals surface area (Å²) in [6.45, 7) is 6.99. The molecule has 0 radical (unpaired) electrons. The highest BCUT2D eigenvalue weighted by Gasteiger charge is 2.35. The first-order chi connectivity index (χ1) is 9.96. The Kier molecular flexibility index (Phi) is 5.96. The Morgan fingerprint density at radius 3 is 2.19 bits per heavy atom. The van der Waals surface area contributed by atoms with Gasteiger partial charge in [-0.1, -0.05) is 42.1 Å². The number of rotatable bonds is 4. The lowest BCUT2D eigenvalue weighted by Crippen LogP contribution is -2.52. The molecule has 1 fully saturated rings. The molecular weight excluding hydrogens is 303 g/mol. The van der Waals surface area contributed by atoms with Crippen molar-refractivity contribution in [2.24, 2.45) is 0 Å². The van der Waals surface area contributed by atoms with Gasteiger partial charge in [0, 0.05) is 11.6 Å². The minimum Gasteiger partial charge on any atom is -0.311 e. The van der Waals surface area contributed by atoms with Crippen molar-refractivity contribution in [2.45, 2.75) is 51.1 Å². The van der Waals surface area contributed by atoms with Crippen LogP contribution in [0.5, 0.6) is 0 Å². The zero-order valence-electron chi connectivity index (χ0n) is 13.3. The molecule has 1 aromatic rings. The van der Waals surface area contributed by atoms with E-state index in [9.17, 15) is 0 Å². The van der Waals surface area contributed by atoms with Crippen LogP contribution < -0.4 is 5.32 Å². The van der Waals surface area contributed by atoms with Crippen LogP contribution in [0.3, 0.4) is 0 Å². The van der Waals surface area contributed by atoms with Crippen LogP contribution in [0, 0.1) is 0 Å². The molecule has 1 N–H and O–H groups in total. The predicted octanol–water partition coefficient (Wildman–Crippen LogP) is 4.91. The van der Waals surface area contributed by atoms with Gasteiger partial charge in [-0.3, -0.25) is 4.90 Å². The zero-order chi connectivity index (χ0) is 15.5. The van der Waals surface area contributed by atoms with E-state index in [0.717, 1.165) is 0 Å². The van der Waals surface area contributed by atoms with E-state index >= 15 is 0 Å². The highest BCUT2D eigenvalue weighted by Crippen LogP contribution is 2.35. The van der Waals surface area contributed by atoms with Gasteiger partial charge in [0.25, 0.3) is 0 Å². The topological polar surface area (TPSA) is 15.3 Å². The number of hydrogen-bond acceptors (Lipinski definition) is 2. The molecule has 0 spiro atoms. The van der Waals surface area contributed by atoms with Gasteiger partial charge in [-0.25, -0.2) is 0 Å². The molecule has 1 saturated heterocycles. The van der Waals surface area contributed by atoms with Crippen LogP contribution in [0.1, 0.15) is 51.1 Å². The number of hydrogen-bond donors (Lipinski definition) is 1. The summed E-state index contributed by atoms with van der Waals surface area (Å²) in [5.41, 5.74) is 1.23. The van der Waals surface area contributed by atoms with Gasteiger partial charge in [0.1, 0.15) is 0 Å². The van der Waals surface area contributed by atoms with Crippen molar-refractivity contribution < 1.29 is 0 Å². The Labute approximate surface area is 138 Å². The number of nitrogens with zero attached hydrogens (tertiary/aromatic N) is 1. The van der Waals surface area contributed by atoms with E-state index in [2.05, 4.69) is 30.1 Å². The van der Waals surface area contributed by atoms with Crippen LogP contribution in [-0.2, 0) is 0 Å². The molecule has 2 rings (SSSR count). The Hall–Kier alpha value is -0.280.